The summed E-state index contributed by atoms with van der Waals surface area (Å²) in [5, 5.41) is 29.0. The quantitative estimate of drug-likeness (QED) is 0.491. The van der Waals surface area contributed by atoms with Crippen LogP contribution in [0, 0.1) is 0 Å². The summed E-state index contributed by atoms with van der Waals surface area (Å²) < 4.78 is 5.29. The van der Waals surface area contributed by atoms with E-state index >= 15 is 0 Å². The number of urea groups is 1. The maximum atomic E-state index is 12.0. The second-order valence-electron chi connectivity index (χ2n) is 4.49. The molecule has 1 saturated heterocycles. The highest BCUT2D eigenvalue weighted by atomic mass is 16.5. The summed E-state index contributed by atoms with van der Waals surface area (Å²) in [6, 6.07) is -1.86. The molecular weight excluding hydrogens is 256 g/mol. The second kappa shape index (κ2) is 7.27. The van der Waals surface area contributed by atoms with Crippen molar-refractivity contribution in [1.29, 1.82) is 0 Å². The smallest absolute Gasteiger partial charge is 0.326 e. The van der Waals surface area contributed by atoms with Gasteiger partial charge in [0.25, 0.3) is 0 Å². The maximum Gasteiger partial charge on any atom is 0.326 e. The lowest BCUT2D eigenvalue weighted by atomic mass is 10.2. The number of carbonyl (C=O) groups excluding carboxylic acids is 1. The van der Waals surface area contributed by atoms with E-state index in [-0.39, 0.29) is 38.8 Å². The number of nitrogens with zero attached hydrogens (tertiary/aromatic N) is 1. The fraction of sp³-hybridized carbons (Fsp3) is 0.818. The fourth-order valence-corrected chi connectivity index (χ4v) is 1.83. The van der Waals surface area contributed by atoms with Crippen LogP contribution in [0.1, 0.15) is 13.3 Å². The minimum absolute atomic E-state index is 0.0524. The summed E-state index contributed by atoms with van der Waals surface area (Å²) in [7, 11) is 0. The van der Waals surface area contributed by atoms with Gasteiger partial charge in [-0.15, -0.1) is 0 Å². The molecule has 19 heavy (non-hydrogen) atoms. The van der Waals surface area contributed by atoms with Crippen molar-refractivity contribution in [2.45, 2.75) is 31.5 Å². The summed E-state index contributed by atoms with van der Waals surface area (Å²) >= 11 is 0. The van der Waals surface area contributed by atoms with E-state index in [0.717, 1.165) is 0 Å². The van der Waals surface area contributed by atoms with Crippen molar-refractivity contribution in [3.05, 3.63) is 0 Å². The van der Waals surface area contributed by atoms with Crippen molar-refractivity contribution in [1.82, 2.24) is 10.2 Å². The van der Waals surface area contributed by atoms with Crippen LogP contribution in [0.5, 0.6) is 0 Å². The lowest BCUT2D eigenvalue weighted by molar-refractivity contribution is -0.139. The van der Waals surface area contributed by atoms with Crippen LogP contribution in [0.3, 0.4) is 0 Å². The highest BCUT2D eigenvalue weighted by Crippen LogP contribution is 2.12. The van der Waals surface area contributed by atoms with Gasteiger partial charge >= 0.3 is 12.0 Å². The molecule has 0 saturated carbocycles. The van der Waals surface area contributed by atoms with Gasteiger partial charge in [0.1, 0.15) is 6.04 Å². The topological polar surface area (TPSA) is 119 Å². The predicted octanol–water partition coefficient (Wildman–Crippen LogP) is -1.39. The summed E-state index contributed by atoms with van der Waals surface area (Å²) in [6.07, 6.45) is -0.508. The molecule has 8 nitrogen and oxygen atoms in total. The fourth-order valence-electron chi connectivity index (χ4n) is 1.83. The lowest BCUT2D eigenvalue weighted by Gasteiger charge is -2.37. The molecule has 0 spiro atoms. The van der Waals surface area contributed by atoms with Crippen molar-refractivity contribution < 1.29 is 29.6 Å². The van der Waals surface area contributed by atoms with Crippen LogP contribution in [0.4, 0.5) is 4.79 Å². The maximum absolute atomic E-state index is 12.0. The average Bonchev–Trinajstić information content (AvgIpc) is 2.38. The molecule has 1 aliphatic heterocycles. The third-order valence-corrected chi connectivity index (χ3v) is 2.98. The number of hydrogen-bond donors (Lipinski definition) is 4. The zero-order valence-electron chi connectivity index (χ0n) is 10.8. The molecule has 2 unspecified atom stereocenters. The Balaban J connectivity index is 2.61. The van der Waals surface area contributed by atoms with Crippen molar-refractivity contribution >= 4 is 12.0 Å². The van der Waals surface area contributed by atoms with Crippen molar-refractivity contribution in [3.63, 3.8) is 0 Å². The van der Waals surface area contributed by atoms with Crippen LogP contribution in [0.15, 0.2) is 0 Å². The molecule has 0 radical (unpaired) electrons. The van der Waals surface area contributed by atoms with Gasteiger partial charge in [0.2, 0.25) is 0 Å². The zero-order chi connectivity index (χ0) is 14.4. The molecule has 1 rings (SSSR count). The molecular formula is C11H20N2O6. The van der Waals surface area contributed by atoms with E-state index in [2.05, 4.69) is 5.32 Å². The molecule has 0 aliphatic carbocycles. The summed E-state index contributed by atoms with van der Waals surface area (Å²) in [4.78, 5) is 24.3. The van der Waals surface area contributed by atoms with E-state index in [0.29, 0.717) is 0 Å². The monoisotopic (exact) mass is 276 g/mol. The Morgan fingerprint density at radius 2 is 2.16 bits per heavy atom. The number of carboxylic acids is 1. The number of carboxylic acid groups (broad SMARTS) is 1. The van der Waals surface area contributed by atoms with E-state index in [1.165, 1.54) is 4.90 Å². The Kier molecular flexibility index (Phi) is 6.00. The molecule has 0 bridgehead atoms. The first-order chi connectivity index (χ1) is 8.99. The summed E-state index contributed by atoms with van der Waals surface area (Å²) in [5.41, 5.74) is 0. The van der Waals surface area contributed by atoms with E-state index in [4.69, 9.17) is 20.1 Å². The minimum atomic E-state index is -1.19. The Morgan fingerprint density at radius 1 is 1.47 bits per heavy atom. The van der Waals surface area contributed by atoms with E-state index in [9.17, 15) is 9.59 Å². The molecule has 2 amide bonds. The highest BCUT2D eigenvalue weighted by molar-refractivity contribution is 5.82. The molecule has 0 aromatic heterocycles. The number of carbonyl (C=O) groups is 2. The third kappa shape index (κ3) is 4.34. The first-order valence-corrected chi connectivity index (χ1v) is 6.12. The zero-order valence-corrected chi connectivity index (χ0v) is 10.8. The van der Waals surface area contributed by atoms with Gasteiger partial charge in [0.05, 0.1) is 31.9 Å². The first-order valence-electron chi connectivity index (χ1n) is 6.12. The van der Waals surface area contributed by atoms with Gasteiger partial charge in [0.15, 0.2) is 0 Å². The second-order valence-corrected chi connectivity index (χ2v) is 4.49. The van der Waals surface area contributed by atoms with Gasteiger partial charge < -0.3 is 30.3 Å². The number of nitrogens with one attached hydrogen (secondary N) is 1. The summed E-state index contributed by atoms with van der Waals surface area (Å²) in [6.45, 7) is 1.74. The van der Waals surface area contributed by atoms with Gasteiger partial charge in [-0.2, -0.15) is 0 Å². The number of amides is 2. The average molecular weight is 276 g/mol. The molecule has 1 fully saturated rings. The third-order valence-electron chi connectivity index (χ3n) is 2.98. The predicted molar refractivity (Wildman–Crippen MR) is 64.7 cm³/mol. The number of aliphatic hydroxyl groups excluding tert-OH is 2. The van der Waals surface area contributed by atoms with Crippen LogP contribution >= 0.6 is 0 Å². The molecule has 3 atom stereocenters. The molecule has 1 heterocycles. The number of rotatable bonds is 5. The molecule has 0 aromatic rings. The minimum Gasteiger partial charge on any atom is -0.480 e. The molecule has 0 aromatic carbocycles. The number of aliphatic carboxylic acids is 1. The van der Waals surface area contributed by atoms with Gasteiger partial charge in [-0.1, -0.05) is 0 Å². The largest absolute Gasteiger partial charge is 0.480 e. The Bertz CT molecular complexity index is 324. The van der Waals surface area contributed by atoms with Crippen LogP contribution < -0.4 is 5.32 Å². The molecule has 8 heteroatoms. The molecule has 110 valence electrons. The SMILES string of the molecule is CC1COC(CO)CN1C(=O)N[C@H](CCO)C(=O)O. The first kappa shape index (κ1) is 15.7. The van der Waals surface area contributed by atoms with E-state index in [1.54, 1.807) is 6.92 Å². The Hall–Kier alpha value is -1.38. The van der Waals surface area contributed by atoms with Gasteiger partial charge in [-0.3, -0.25) is 0 Å². The van der Waals surface area contributed by atoms with Crippen LogP contribution in [0.25, 0.3) is 0 Å². The Morgan fingerprint density at radius 3 is 2.68 bits per heavy atom. The number of morpholine rings is 1. The highest BCUT2D eigenvalue weighted by Gasteiger charge is 2.31. The van der Waals surface area contributed by atoms with E-state index in [1.807, 2.05) is 0 Å². The standard InChI is InChI=1S/C11H20N2O6/c1-7-6-19-8(5-15)4-13(7)11(18)12-9(2-3-14)10(16)17/h7-9,14-15H,2-6H2,1H3,(H,12,18)(H,16,17)/t7?,8?,9-/m1/s1. The summed E-state index contributed by atoms with van der Waals surface area (Å²) in [5.74, 6) is -1.19. The van der Waals surface area contributed by atoms with Crippen molar-refractivity contribution in [2.75, 3.05) is 26.4 Å². The van der Waals surface area contributed by atoms with Crippen molar-refractivity contribution in [2.24, 2.45) is 0 Å². The number of ether oxygens (including phenoxy) is 1. The van der Waals surface area contributed by atoms with Crippen LogP contribution in [0.2, 0.25) is 0 Å². The number of hydrogen-bond acceptors (Lipinski definition) is 5. The van der Waals surface area contributed by atoms with E-state index < -0.39 is 24.1 Å². The van der Waals surface area contributed by atoms with Crippen molar-refractivity contribution in [3.8, 4) is 0 Å². The number of aliphatic hydroxyl groups is 2. The molecule has 4 N–H and O–H groups in total. The van der Waals surface area contributed by atoms with Gasteiger partial charge in [-0.05, 0) is 6.92 Å². The normalized spacial score (nSPS) is 24.9. The van der Waals surface area contributed by atoms with Crippen LogP contribution in [-0.4, -0.2) is 76.8 Å². The van der Waals surface area contributed by atoms with Gasteiger partial charge in [-0.25, -0.2) is 9.59 Å². The Labute approximate surface area is 111 Å². The van der Waals surface area contributed by atoms with Crippen LogP contribution in [-0.2, 0) is 9.53 Å². The lowest BCUT2D eigenvalue weighted by Crippen LogP contribution is -2.57. The molecule has 1 aliphatic rings. The van der Waals surface area contributed by atoms with Gasteiger partial charge in [0, 0.05) is 13.0 Å².